The van der Waals surface area contributed by atoms with Gasteiger partial charge in [-0.15, -0.1) is 0 Å². The fraction of sp³-hybridized carbons (Fsp3) is 0.300. The van der Waals surface area contributed by atoms with E-state index in [-0.39, 0.29) is 6.61 Å². The van der Waals surface area contributed by atoms with Gasteiger partial charge in [-0.25, -0.2) is 4.98 Å². The van der Waals surface area contributed by atoms with Gasteiger partial charge in [-0.3, -0.25) is 0 Å². The first-order valence-electron chi connectivity index (χ1n) is 4.14. The molecule has 1 N–H and O–H groups in total. The summed E-state index contributed by atoms with van der Waals surface area (Å²) >= 11 is 0. The highest BCUT2D eigenvalue weighted by atomic mass is 16.5. The van der Waals surface area contributed by atoms with Crippen LogP contribution < -0.4 is 4.74 Å². The predicted octanol–water partition coefficient (Wildman–Crippen LogP) is 1.49. The standard InChI is InChI=1S/C10H13NO2/c1-13-10-6-5-9(8-11-10)4-2-3-7-12/h2,4-6,8,12H,3,7H2,1H3. The molecule has 0 radical (unpaired) electrons. The first kappa shape index (κ1) is 9.74. The van der Waals surface area contributed by atoms with Crippen molar-refractivity contribution in [2.75, 3.05) is 13.7 Å². The van der Waals surface area contributed by atoms with Gasteiger partial charge in [-0.05, 0) is 18.1 Å². The number of aromatic nitrogens is 1. The summed E-state index contributed by atoms with van der Waals surface area (Å²) in [4.78, 5) is 4.04. The monoisotopic (exact) mass is 179 g/mol. The zero-order valence-corrected chi connectivity index (χ0v) is 7.60. The highest BCUT2D eigenvalue weighted by molar-refractivity contribution is 5.48. The molecular weight excluding hydrogens is 166 g/mol. The minimum atomic E-state index is 0.181. The fourth-order valence-corrected chi connectivity index (χ4v) is 0.905. The van der Waals surface area contributed by atoms with Crippen molar-refractivity contribution in [1.29, 1.82) is 0 Å². The van der Waals surface area contributed by atoms with E-state index in [4.69, 9.17) is 9.84 Å². The van der Waals surface area contributed by atoms with Crippen LogP contribution in [0.1, 0.15) is 12.0 Å². The summed E-state index contributed by atoms with van der Waals surface area (Å²) in [6, 6.07) is 3.72. The van der Waals surface area contributed by atoms with Gasteiger partial charge >= 0.3 is 0 Å². The minimum absolute atomic E-state index is 0.181. The van der Waals surface area contributed by atoms with Gasteiger partial charge in [-0.1, -0.05) is 12.2 Å². The van der Waals surface area contributed by atoms with Crippen LogP contribution in [0, 0.1) is 0 Å². The molecule has 0 aliphatic heterocycles. The molecule has 1 rings (SSSR count). The molecule has 3 nitrogen and oxygen atoms in total. The molecule has 0 atom stereocenters. The lowest BCUT2D eigenvalue weighted by Crippen LogP contribution is -1.86. The van der Waals surface area contributed by atoms with Crippen molar-refractivity contribution in [1.82, 2.24) is 4.98 Å². The molecule has 0 aliphatic carbocycles. The minimum Gasteiger partial charge on any atom is -0.481 e. The normalized spacial score (nSPS) is 10.6. The fourth-order valence-electron chi connectivity index (χ4n) is 0.905. The van der Waals surface area contributed by atoms with Crippen molar-refractivity contribution in [3.63, 3.8) is 0 Å². The third-order valence-corrected chi connectivity index (χ3v) is 1.57. The summed E-state index contributed by atoms with van der Waals surface area (Å²) in [5.74, 6) is 0.610. The Hall–Kier alpha value is -1.35. The molecule has 0 bridgehead atoms. The largest absolute Gasteiger partial charge is 0.481 e. The van der Waals surface area contributed by atoms with Gasteiger partial charge in [-0.2, -0.15) is 0 Å². The molecule has 1 aromatic rings. The maximum absolute atomic E-state index is 8.54. The van der Waals surface area contributed by atoms with Gasteiger partial charge in [0.15, 0.2) is 0 Å². The smallest absolute Gasteiger partial charge is 0.212 e. The highest BCUT2D eigenvalue weighted by Crippen LogP contribution is 2.07. The van der Waals surface area contributed by atoms with E-state index < -0.39 is 0 Å². The van der Waals surface area contributed by atoms with Crippen molar-refractivity contribution in [3.8, 4) is 5.88 Å². The molecule has 0 aliphatic rings. The second-order valence-electron chi connectivity index (χ2n) is 2.55. The maximum atomic E-state index is 8.54. The van der Waals surface area contributed by atoms with Gasteiger partial charge in [0.05, 0.1) is 7.11 Å². The van der Waals surface area contributed by atoms with E-state index in [2.05, 4.69) is 4.98 Å². The van der Waals surface area contributed by atoms with Crippen LogP contribution in [0.3, 0.4) is 0 Å². The molecule has 13 heavy (non-hydrogen) atoms. The third-order valence-electron chi connectivity index (χ3n) is 1.57. The summed E-state index contributed by atoms with van der Waals surface area (Å²) in [5.41, 5.74) is 1.01. The summed E-state index contributed by atoms with van der Waals surface area (Å²) < 4.78 is 4.92. The summed E-state index contributed by atoms with van der Waals surface area (Å²) in [7, 11) is 1.59. The van der Waals surface area contributed by atoms with E-state index in [1.165, 1.54) is 0 Å². The van der Waals surface area contributed by atoms with Gasteiger partial charge in [0.1, 0.15) is 0 Å². The Balaban J connectivity index is 2.58. The van der Waals surface area contributed by atoms with E-state index >= 15 is 0 Å². The molecule has 0 aromatic carbocycles. The molecule has 0 spiro atoms. The van der Waals surface area contributed by atoms with Crippen molar-refractivity contribution in [2.24, 2.45) is 0 Å². The first-order chi connectivity index (χ1) is 6.36. The van der Waals surface area contributed by atoms with Crippen LogP contribution in [-0.2, 0) is 0 Å². The average molecular weight is 179 g/mol. The Kier molecular flexibility index (Phi) is 3.99. The Labute approximate surface area is 77.7 Å². The van der Waals surface area contributed by atoms with Crippen molar-refractivity contribution >= 4 is 6.08 Å². The Morgan fingerprint density at radius 1 is 1.54 bits per heavy atom. The lowest BCUT2D eigenvalue weighted by molar-refractivity contribution is 0.303. The summed E-state index contributed by atoms with van der Waals surface area (Å²) in [5, 5.41) is 8.54. The quantitative estimate of drug-likeness (QED) is 0.761. The third kappa shape index (κ3) is 3.25. The second-order valence-corrected chi connectivity index (χ2v) is 2.55. The van der Waals surface area contributed by atoms with Gasteiger partial charge in [0.25, 0.3) is 0 Å². The van der Waals surface area contributed by atoms with E-state index in [0.717, 1.165) is 5.56 Å². The first-order valence-corrected chi connectivity index (χ1v) is 4.14. The van der Waals surface area contributed by atoms with Crippen LogP contribution in [0.4, 0.5) is 0 Å². The number of ether oxygens (including phenoxy) is 1. The van der Waals surface area contributed by atoms with E-state index in [9.17, 15) is 0 Å². The van der Waals surface area contributed by atoms with E-state index in [0.29, 0.717) is 12.3 Å². The van der Waals surface area contributed by atoms with Gasteiger partial charge in [0.2, 0.25) is 5.88 Å². The van der Waals surface area contributed by atoms with Crippen LogP contribution in [-0.4, -0.2) is 23.8 Å². The van der Waals surface area contributed by atoms with Crippen molar-refractivity contribution in [2.45, 2.75) is 6.42 Å². The zero-order valence-electron chi connectivity index (χ0n) is 7.60. The highest BCUT2D eigenvalue weighted by Gasteiger charge is 1.90. The molecule has 0 unspecified atom stereocenters. The van der Waals surface area contributed by atoms with Crippen LogP contribution >= 0.6 is 0 Å². The molecule has 3 heteroatoms. The van der Waals surface area contributed by atoms with Crippen LogP contribution in [0.2, 0.25) is 0 Å². The topological polar surface area (TPSA) is 42.4 Å². The number of aliphatic hydroxyl groups excluding tert-OH is 1. The van der Waals surface area contributed by atoms with Crippen molar-refractivity contribution in [3.05, 3.63) is 30.0 Å². The van der Waals surface area contributed by atoms with E-state index in [1.54, 1.807) is 19.4 Å². The van der Waals surface area contributed by atoms with Gasteiger partial charge < -0.3 is 9.84 Å². The predicted molar refractivity (Wildman–Crippen MR) is 51.5 cm³/mol. The van der Waals surface area contributed by atoms with Crippen LogP contribution in [0.15, 0.2) is 24.4 Å². The number of aliphatic hydroxyl groups is 1. The molecule has 0 saturated carbocycles. The molecule has 70 valence electrons. The molecule has 0 fully saturated rings. The molecule has 0 saturated heterocycles. The second kappa shape index (κ2) is 5.32. The lowest BCUT2D eigenvalue weighted by Gasteiger charge is -1.97. The number of methoxy groups -OCH3 is 1. The molecular formula is C10H13NO2. The molecule has 0 amide bonds. The Bertz CT molecular complexity index is 267. The zero-order chi connectivity index (χ0) is 9.52. The maximum Gasteiger partial charge on any atom is 0.212 e. The van der Waals surface area contributed by atoms with E-state index in [1.807, 2.05) is 18.2 Å². The average Bonchev–Trinajstić information content (AvgIpc) is 2.19. The molecule has 1 aromatic heterocycles. The summed E-state index contributed by atoms with van der Waals surface area (Å²) in [6.45, 7) is 0.181. The SMILES string of the molecule is COc1ccc(C=CCCO)cn1. The number of rotatable bonds is 4. The van der Waals surface area contributed by atoms with Gasteiger partial charge in [0, 0.05) is 18.9 Å². The number of hydrogen-bond acceptors (Lipinski definition) is 3. The lowest BCUT2D eigenvalue weighted by atomic mass is 10.2. The Morgan fingerprint density at radius 3 is 2.92 bits per heavy atom. The van der Waals surface area contributed by atoms with Crippen LogP contribution in [0.5, 0.6) is 5.88 Å². The number of pyridine rings is 1. The Morgan fingerprint density at radius 2 is 2.38 bits per heavy atom. The van der Waals surface area contributed by atoms with Crippen molar-refractivity contribution < 1.29 is 9.84 Å². The number of nitrogens with zero attached hydrogens (tertiary/aromatic N) is 1. The number of hydrogen-bond donors (Lipinski definition) is 1. The van der Waals surface area contributed by atoms with Crippen LogP contribution in [0.25, 0.3) is 6.08 Å². The summed E-state index contributed by atoms with van der Waals surface area (Å²) in [6.07, 6.45) is 6.23. The molecule has 1 heterocycles.